The Morgan fingerprint density at radius 1 is 1.43 bits per heavy atom. The summed E-state index contributed by atoms with van der Waals surface area (Å²) in [7, 11) is 0. The fraction of sp³-hybridized carbons (Fsp3) is 0.556. The van der Waals surface area contributed by atoms with Gasteiger partial charge >= 0.3 is 6.18 Å². The third-order valence-electron chi connectivity index (χ3n) is 2.11. The Labute approximate surface area is 80.1 Å². The summed E-state index contributed by atoms with van der Waals surface area (Å²) in [5.41, 5.74) is -2.11. The van der Waals surface area contributed by atoms with E-state index in [1.807, 2.05) is 0 Å². The molecule has 0 radical (unpaired) electrons. The maximum atomic E-state index is 12.7. The van der Waals surface area contributed by atoms with Crippen molar-refractivity contribution >= 4 is 0 Å². The molecule has 0 spiro atoms. The summed E-state index contributed by atoms with van der Waals surface area (Å²) in [4.78, 5) is 0. The van der Waals surface area contributed by atoms with Gasteiger partial charge in [0.05, 0.1) is 6.26 Å². The van der Waals surface area contributed by atoms with Crippen molar-refractivity contribution in [1.29, 1.82) is 0 Å². The van der Waals surface area contributed by atoms with Gasteiger partial charge in [-0.1, -0.05) is 6.92 Å². The van der Waals surface area contributed by atoms with Crippen LogP contribution in [0.3, 0.4) is 0 Å². The molecule has 1 N–H and O–H groups in total. The lowest BCUT2D eigenvalue weighted by Crippen LogP contribution is -2.51. The van der Waals surface area contributed by atoms with E-state index in [9.17, 15) is 13.2 Å². The molecule has 1 aromatic heterocycles. The van der Waals surface area contributed by atoms with Gasteiger partial charge in [0.1, 0.15) is 5.76 Å². The van der Waals surface area contributed by atoms with Crippen molar-refractivity contribution in [3.63, 3.8) is 0 Å². The zero-order chi connectivity index (χ0) is 10.8. The van der Waals surface area contributed by atoms with E-state index in [0.717, 1.165) is 6.92 Å². The standard InChI is InChI=1S/C9H12F3NO/c1-3-13-8(2,9(10,11)12)7-5-4-6-14-7/h4-6,13H,3H2,1-2H3. The number of hydrogen-bond acceptors (Lipinski definition) is 2. The maximum absolute atomic E-state index is 12.7. The maximum Gasteiger partial charge on any atom is 0.413 e. The molecule has 14 heavy (non-hydrogen) atoms. The predicted molar refractivity (Wildman–Crippen MR) is 45.8 cm³/mol. The second kappa shape index (κ2) is 3.65. The van der Waals surface area contributed by atoms with Crippen LogP contribution < -0.4 is 5.32 Å². The first-order valence-electron chi connectivity index (χ1n) is 4.27. The highest BCUT2D eigenvalue weighted by Crippen LogP contribution is 2.38. The van der Waals surface area contributed by atoms with Gasteiger partial charge in [0.25, 0.3) is 0 Å². The van der Waals surface area contributed by atoms with E-state index in [1.54, 1.807) is 6.92 Å². The monoisotopic (exact) mass is 207 g/mol. The van der Waals surface area contributed by atoms with E-state index in [0.29, 0.717) is 0 Å². The summed E-state index contributed by atoms with van der Waals surface area (Å²) in [5, 5.41) is 2.38. The Kier molecular flexibility index (Phi) is 2.89. The first-order valence-corrected chi connectivity index (χ1v) is 4.27. The first kappa shape index (κ1) is 11.1. The summed E-state index contributed by atoms with van der Waals surface area (Å²) in [6.45, 7) is 2.90. The van der Waals surface area contributed by atoms with Crippen LogP contribution in [0.15, 0.2) is 22.8 Å². The topological polar surface area (TPSA) is 25.2 Å². The number of alkyl halides is 3. The van der Waals surface area contributed by atoms with Crippen LogP contribution in [-0.2, 0) is 5.54 Å². The lowest BCUT2D eigenvalue weighted by atomic mass is 9.98. The zero-order valence-corrected chi connectivity index (χ0v) is 7.98. The van der Waals surface area contributed by atoms with Crippen molar-refractivity contribution in [3.8, 4) is 0 Å². The normalized spacial score (nSPS) is 16.6. The van der Waals surface area contributed by atoms with E-state index in [2.05, 4.69) is 5.32 Å². The van der Waals surface area contributed by atoms with Crippen molar-refractivity contribution in [2.24, 2.45) is 0 Å². The predicted octanol–water partition coefficient (Wildman–Crippen LogP) is 2.67. The number of rotatable bonds is 3. The molecule has 0 saturated heterocycles. The van der Waals surface area contributed by atoms with Gasteiger partial charge in [0, 0.05) is 0 Å². The number of halogens is 3. The highest BCUT2D eigenvalue weighted by molar-refractivity contribution is 5.14. The molecule has 0 aliphatic carbocycles. The van der Waals surface area contributed by atoms with E-state index < -0.39 is 11.7 Å². The van der Waals surface area contributed by atoms with E-state index in [1.165, 1.54) is 18.4 Å². The highest BCUT2D eigenvalue weighted by atomic mass is 19.4. The van der Waals surface area contributed by atoms with Crippen molar-refractivity contribution in [1.82, 2.24) is 5.32 Å². The average molecular weight is 207 g/mol. The van der Waals surface area contributed by atoms with Crippen LogP contribution in [0.1, 0.15) is 19.6 Å². The Hall–Kier alpha value is -0.970. The average Bonchev–Trinajstić information content (AvgIpc) is 2.54. The lowest BCUT2D eigenvalue weighted by molar-refractivity contribution is -0.200. The first-order chi connectivity index (χ1) is 6.42. The van der Waals surface area contributed by atoms with Crippen LogP contribution in [-0.4, -0.2) is 12.7 Å². The molecule has 0 aliphatic rings. The van der Waals surface area contributed by atoms with E-state index in [-0.39, 0.29) is 12.3 Å². The highest BCUT2D eigenvalue weighted by Gasteiger charge is 2.53. The lowest BCUT2D eigenvalue weighted by Gasteiger charge is -2.30. The van der Waals surface area contributed by atoms with Gasteiger partial charge in [-0.2, -0.15) is 13.2 Å². The van der Waals surface area contributed by atoms with Crippen LogP contribution in [0, 0.1) is 0 Å². The number of nitrogens with one attached hydrogen (secondary N) is 1. The summed E-state index contributed by atoms with van der Waals surface area (Å²) < 4.78 is 43.0. The minimum Gasteiger partial charge on any atom is -0.467 e. The fourth-order valence-electron chi connectivity index (χ4n) is 1.24. The quantitative estimate of drug-likeness (QED) is 0.824. The Balaban J connectivity index is 3.06. The molecule has 5 heteroatoms. The fourth-order valence-corrected chi connectivity index (χ4v) is 1.24. The molecule has 1 aromatic rings. The smallest absolute Gasteiger partial charge is 0.413 e. The van der Waals surface area contributed by atoms with Gasteiger partial charge in [0.15, 0.2) is 5.54 Å². The van der Waals surface area contributed by atoms with Gasteiger partial charge in [-0.15, -0.1) is 0 Å². The number of furan rings is 1. The molecule has 1 atom stereocenters. The number of hydrogen-bond donors (Lipinski definition) is 1. The SMILES string of the molecule is CCNC(C)(c1ccco1)C(F)(F)F. The van der Waals surface area contributed by atoms with Gasteiger partial charge in [-0.3, -0.25) is 5.32 Å². The van der Waals surface area contributed by atoms with Crippen molar-refractivity contribution in [2.75, 3.05) is 6.54 Å². The summed E-state index contributed by atoms with van der Waals surface area (Å²) in [6, 6.07) is 2.76. The molecule has 0 aliphatic heterocycles. The van der Waals surface area contributed by atoms with Gasteiger partial charge in [-0.25, -0.2) is 0 Å². The zero-order valence-electron chi connectivity index (χ0n) is 7.98. The molecular formula is C9H12F3NO. The Bertz CT molecular complexity index is 281. The van der Waals surface area contributed by atoms with Crippen LogP contribution in [0.4, 0.5) is 13.2 Å². The molecule has 0 amide bonds. The van der Waals surface area contributed by atoms with Crippen LogP contribution in [0.2, 0.25) is 0 Å². The van der Waals surface area contributed by atoms with Crippen molar-refractivity contribution in [3.05, 3.63) is 24.2 Å². The summed E-state index contributed by atoms with van der Waals surface area (Å²) >= 11 is 0. The van der Waals surface area contributed by atoms with Gasteiger partial charge in [-0.05, 0) is 25.6 Å². The molecule has 0 saturated carbocycles. The summed E-state index contributed by atoms with van der Waals surface area (Å²) in [5.74, 6) is -0.119. The molecule has 1 unspecified atom stereocenters. The largest absolute Gasteiger partial charge is 0.467 e. The molecule has 0 aromatic carbocycles. The molecule has 80 valence electrons. The van der Waals surface area contributed by atoms with Gasteiger partial charge < -0.3 is 4.42 Å². The second-order valence-electron chi connectivity index (χ2n) is 3.13. The van der Waals surface area contributed by atoms with Crippen LogP contribution >= 0.6 is 0 Å². The van der Waals surface area contributed by atoms with E-state index >= 15 is 0 Å². The third-order valence-corrected chi connectivity index (χ3v) is 2.11. The molecule has 0 fully saturated rings. The van der Waals surface area contributed by atoms with Gasteiger partial charge in [0.2, 0.25) is 0 Å². The third kappa shape index (κ3) is 1.77. The molecule has 0 bridgehead atoms. The van der Waals surface area contributed by atoms with Crippen molar-refractivity contribution in [2.45, 2.75) is 25.6 Å². The van der Waals surface area contributed by atoms with Crippen molar-refractivity contribution < 1.29 is 17.6 Å². The Morgan fingerprint density at radius 2 is 2.07 bits per heavy atom. The minimum absolute atomic E-state index is 0.119. The van der Waals surface area contributed by atoms with Crippen LogP contribution in [0.5, 0.6) is 0 Å². The molecular weight excluding hydrogens is 195 g/mol. The minimum atomic E-state index is -4.37. The summed E-state index contributed by atoms with van der Waals surface area (Å²) in [6.07, 6.45) is -3.14. The molecule has 1 heterocycles. The second-order valence-corrected chi connectivity index (χ2v) is 3.13. The molecule has 2 nitrogen and oxygen atoms in total. The molecule has 1 rings (SSSR count). The Morgan fingerprint density at radius 3 is 2.43 bits per heavy atom. The van der Waals surface area contributed by atoms with Crippen LogP contribution in [0.25, 0.3) is 0 Å². The van der Waals surface area contributed by atoms with E-state index in [4.69, 9.17) is 4.42 Å².